The first-order valence-electron chi connectivity index (χ1n) is 9.41. The van der Waals surface area contributed by atoms with E-state index >= 15 is 0 Å². The van der Waals surface area contributed by atoms with Crippen molar-refractivity contribution in [3.05, 3.63) is 65.5 Å². The Morgan fingerprint density at radius 2 is 1.77 bits per heavy atom. The molecule has 3 heterocycles. The summed E-state index contributed by atoms with van der Waals surface area (Å²) in [6.45, 7) is 5.44. The molecule has 0 aliphatic carbocycles. The van der Waals surface area contributed by atoms with Gasteiger partial charge in [0.1, 0.15) is 0 Å². The number of hydrogen-bond acceptors (Lipinski definition) is 3. The Morgan fingerprint density at radius 3 is 2.58 bits per heavy atom. The highest BCUT2D eigenvalue weighted by Crippen LogP contribution is 2.39. The molecule has 4 rings (SSSR count). The van der Waals surface area contributed by atoms with Gasteiger partial charge in [0, 0.05) is 37.9 Å². The molecule has 0 amide bonds. The maximum atomic E-state index is 14.0. The van der Waals surface area contributed by atoms with E-state index < -0.39 is 11.6 Å². The largest absolute Gasteiger partial charge is 0.298 e. The molecular formula is C21H25F2N3. The summed E-state index contributed by atoms with van der Waals surface area (Å²) < 4.78 is 27.5. The van der Waals surface area contributed by atoms with Gasteiger partial charge in [-0.25, -0.2) is 8.78 Å². The van der Waals surface area contributed by atoms with E-state index in [0.29, 0.717) is 12.1 Å². The van der Waals surface area contributed by atoms with Gasteiger partial charge in [0.05, 0.1) is 5.69 Å². The summed E-state index contributed by atoms with van der Waals surface area (Å²) in [4.78, 5) is 9.21. The number of likely N-dealkylation sites (tertiary alicyclic amines) is 2. The van der Waals surface area contributed by atoms with Crippen LogP contribution >= 0.6 is 0 Å². The van der Waals surface area contributed by atoms with Crippen LogP contribution in [0.2, 0.25) is 0 Å². The maximum absolute atomic E-state index is 14.0. The van der Waals surface area contributed by atoms with Crippen molar-refractivity contribution < 1.29 is 8.78 Å². The summed E-state index contributed by atoms with van der Waals surface area (Å²) in [7, 11) is 0. The van der Waals surface area contributed by atoms with E-state index in [2.05, 4.69) is 20.9 Å². The van der Waals surface area contributed by atoms with Gasteiger partial charge in [0.25, 0.3) is 0 Å². The van der Waals surface area contributed by atoms with Crippen molar-refractivity contribution in [2.24, 2.45) is 5.41 Å². The Hall–Kier alpha value is -1.85. The molecule has 1 spiro atoms. The molecule has 0 bridgehead atoms. The van der Waals surface area contributed by atoms with Gasteiger partial charge < -0.3 is 0 Å². The number of piperidine rings is 1. The van der Waals surface area contributed by atoms with Crippen molar-refractivity contribution >= 4 is 0 Å². The molecule has 2 aromatic rings. The van der Waals surface area contributed by atoms with Crippen LogP contribution in [0.4, 0.5) is 8.78 Å². The number of aromatic nitrogens is 1. The van der Waals surface area contributed by atoms with E-state index in [1.54, 1.807) is 12.1 Å². The summed E-state index contributed by atoms with van der Waals surface area (Å²) in [6.07, 6.45) is 5.35. The maximum Gasteiger partial charge on any atom is 0.163 e. The minimum atomic E-state index is -0.753. The number of benzene rings is 1. The van der Waals surface area contributed by atoms with Crippen molar-refractivity contribution in [1.29, 1.82) is 0 Å². The minimum absolute atomic E-state index is 0.275. The summed E-state index contributed by atoms with van der Waals surface area (Å²) in [5.74, 6) is -1.45. The van der Waals surface area contributed by atoms with Gasteiger partial charge in [-0.2, -0.15) is 0 Å². The van der Waals surface area contributed by atoms with Gasteiger partial charge in [-0.3, -0.25) is 14.8 Å². The van der Waals surface area contributed by atoms with Crippen LogP contribution in [0.15, 0.2) is 42.6 Å². The highest BCUT2D eigenvalue weighted by molar-refractivity contribution is 5.19. The smallest absolute Gasteiger partial charge is 0.163 e. The van der Waals surface area contributed by atoms with Crippen LogP contribution in [0.5, 0.6) is 0 Å². The van der Waals surface area contributed by atoms with Gasteiger partial charge in [-0.1, -0.05) is 18.2 Å². The highest BCUT2D eigenvalue weighted by Gasteiger charge is 2.41. The van der Waals surface area contributed by atoms with Gasteiger partial charge in [-0.05, 0) is 56.0 Å². The lowest BCUT2D eigenvalue weighted by Crippen LogP contribution is -2.44. The minimum Gasteiger partial charge on any atom is -0.298 e. The molecule has 0 saturated carbocycles. The molecule has 0 radical (unpaired) electrons. The Morgan fingerprint density at radius 1 is 0.923 bits per heavy atom. The van der Waals surface area contributed by atoms with Gasteiger partial charge in [0.2, 0.25) is 0 Å². The van der Waals surface area contributed by atoms with E-state index in [4.69, 9.17) is 0 Å². The Bertz CT molecular complexity index is 752. The first kappa shape index (κ1) is 17.6. The summed E-state index contributed by atoms with van der Waals surface area (Å²) >= 11 is 0. The lowest BCUT2D eigenvalue weighted by atomic mass is 9.79. The quantitative estimate of drug-likeness (QED) is 0.829. The molecule has 2 aliphatic rings. The van der Waals surface area contributed by atoms with Crippen LogP contribution in [0, 0.1) is 17.0 Å². The second-order valence-corrected chi connectivity index (χ2v) is 7.81. The van der Waals surface area contributed by atoms with Gasteiger partial charge >= 0.3 is 0 Å². The number of rotatable bonds is 4. The van der Waals surface area contributed by atoms with E-state index in [0.717, 1.165) is 44.8 Å². The van der Waals surface area contributed by atoms with Crippen LogP contribution in [0.25, 0.3) is 0 Å². The fourth-order valence-corrected chi connectivity index (χ4v) is 4.57. The fourth-order valence-electron chi connectivity index (χ4n) is 4.57. The summed E-state index contributed by atoms with van der Waals surface area (Å²) in [6, 6.07) is 10.5. The molecular weight excluding hydrogens is 332 g/mol. The number of halogens is 2. The van der Waals surface area contributed by atoms with Crippen LogP contribution in [0.3, 0.4) is 0 Å². The molecule has 1 atom stereocenters. The van der Waals surface area contributed by atoms with Gasteiger partial charge in [-0.15, -0.1) is 0 Å². The summed E-state index contributed by atoms with van der Waals surface area (Å²) in [5, 5.41) is 0. The third-order valence-electron chi connectivity index (χ3n) is 5.80. The van der Waals surface area contributed by atoms with Crippen molar-refractivity contribution in [2.75, 3.05) is 26.2 Å². The highest BCUT2D eigenvalue weighted by atomic mass is 19.2. The third kappa shape index (κ3) is 3.79. The molecule has 0 N–H and O–H groups in total. The van der Waals surface area contributed by atoms with E-state index in [1.165, 1.54) is 18.9 Å². The molecule has 2 fully saturated rings. The van der Waals surface area contributed by atoms with Crippen LogP contribution in [0.1, 0.15) is 30.5 Å². The Balaban J connectivity index is 1.39. The number of nitrogens with zero attached hydrogens (tertiary/aromatic N) is 3. The Labute approximate surface area is 153 Å². The second-order valence-electron chi connectivity index (χ2n) is 7.81. The standard InChI is InChI=1S/C21H25F2N3/c22-19-7-3-5-17(20(19)23)13-25-11-4-8-21(15-25)9-12-26(16-21)14-18-6-1-2-10-24-18/h1-3,5-7,10H,4,8-9,11-16H2. The number of hydrogen-bond donors (Lipinski definition) is 0. The van der Waals surface area contributed by atoms with E-state index in [9.17, 15) is 8.78 Å². The van der Waals surface area contributed by atoms with E-state index in [-0.39, 0.29) is 5.41 Å². The average Bonchev–Trinajstić information content (AvgIpc) is 3.01. The predicted octanol–water partition coefficient (Wildman–Crippen LogP) is 3.85. The molecule has 1 aromatic carbocycles. The zero-order chi connectivity index (χ0) is 18.0. The zero-order valence-electron chi connectivity index (χ0n) is 15.0. The molecule has 2 aliphatic heterocycles. The lowest BCUT2D eigenvalue weighted by Gasteiger charge is -2.40. The van der Waals surface area contributed by atoms with Crippen LogP contribution in [-0.4, -0.2) is 41.0 Å². The molecule has 1 unspecified atom stereocenters. The topological polar surface area (TPSA) is 19.4 Å². The van der Waals surface area contributed by atoms with E-state index in [1.807, 2.05) is 18.3 Å². The average molecular weight is 357 g/mol. The van der Waals surface area contributed by atoms with Crippen molar-refractivity contribution in [2.45, 2.75) is 32.4 Å². The van der Waals surface area contributed by atoms with Crippen molar-refractivity contribution in [1.82, 2.24) is 14.8 Å². The molecule has 26 heavy (non-hydrogen) atoms. The van der Waals surface area contributed by atoms with Crippen molar-refractivity contribution in [3.63, 3.8) is 0 Å². The first-order chi connectivity index (χ1) is 12.6. The zero-order valence-corrected chi connectivity index (χ0v) is 15.0. The fraction of sp³-hybridized carbons (Fsp3) is 0.476. The third-order valence-corrected chi connectivity index (χ3v) is 5.80. The van der Waals surface area contributed by atoms with Crippen LogP contribution < -0.4 is 0 Å². The van der Waals surface area contributed by atoms with Crippen LogP contribution in [-0.2, 0) is 13.1 Å². The normalized spacial score (nSPS) is 24.4. The van der Waals surface area contributed by atoms with Gasteiger partial charge in [0.15, 0.2) is 11.6 Å². The molecule has 3 nitrogen and oxygen atoms in total. The SMILES string of the molecule is Fc1cccc(CN2CCCC3(CCN(Cc4ccccn4)C3)C2)c1F. The number of pyridine rings is 1. The van der Waals surface area contributed by atoms with Crippen molar-refractivity contribution in [3.8, 4) is 0 Å². The second kappa shape index (κ2) is 7.41. The molecule has 5 heteroatoms. The predicted molar refractivity (Wildman–Crippen MR) is 97.4 cm³/mol. The molecule has 138 valence electrons. The Kier molecular flexibility index (Phi) is 5.00. The monoisotopic (exact) mass is 357 g/mol. The molecule has 2 saturated heterocycles. The lowest BCUT2D eigenvalue weighted by molar-refractivity contribution is 0.0855. The first-order valence-corrected chi connectivity index (χ1v) is 9.41. The summed E-state index contributed by atoms with van der Waals surface area (Å²) in [5.41, 5.74) is 1.85. The molecule has 1 aromatic heterocycles.